The number of halogens is 4. The topological polar surface area (TPSA) is 68.5 Å². The van der Waals surface area contributed by atoms with Crippen molar-refractivity contribution in [1.29, 1.82) is 0 Å². The Labute approximate surface area is 185 Å². The van der Waals surface area contributed by atoms with Crippen LogP contribution in [0.15, 0.2) is 60.7 Å². The van der Waals surface area contributed by atoms with Crippen LogP contribution in [0.25, 0.3) is 16.9 Å². The molecule has 2 heterocycles. The molecule has 32 heavy (non-hydrogen) atoms. The lowest BCUT2D eigenvalue weighted by molar-refractivity contribution is -0.142. The van der Waals surface area contributed by atoms with Gasteiger partial charge in [0.2, 0.25) is 0 Å². The molecule has 0 saturated heterocycles. The molecule has 164 valence electrons. The van der Waals surface area contributed by atoms with Gasteiger partial charge in [0, 0.05) is 22.3 Å². The molecule has 4 rings (SSSR count). The summed E-state index contributed by atoms with van der Waals surface area (Å²) in [5, 5.41) is 6.90. The second-order valence-corrected chi connectivity index (χ2v) is 7.18. The Bertz CT molecular complexity index is 1270. The number of alkyl halides is 3. The minimum atomic E-state index is -4.71. The molecule has 2 aromatic heterocycles. The highest BCUT2D eigenvalue weighted by Crippen LogP contribution is 2.32. The van der Waals surface area contributed by atoms with Crippen LogP contribution >= 0.6 is 11.6 Å². The fourth-order valence-electron chi connectivity index (χ4n) is 3.05. The van der Waals surface area contributed by atoms with Crippen molar-refractivity contribution in [2.75, 3.05) is 11.9 Å². The van der Waals surface area contributed by atoms with Crippen LogP contribution in [0.3, 0.4) is 0 Å². The maximum atomic E-state index is 13.7. The number of nitrogens with one attached hydrogen (secondary N) is 1. The van der Waals surface area contributed by atoms with Crippen molar-refractivity contribution < 1.29 is 22.7 Å². The summed E-state index contributed by atoms with van der Waals surface area (Å²) in [4.78, 5) is 16.9. The zero-order valence-corrected chi connectivity index (χ0v) is 17.4. The average Bonchev–Trinajstić information content (AvgIpc) is 3.19. The lowest BCUT2D eigenvalue weighted by Gasteiger charge is -2.11. The molecule has 0 saturated carbocycles. The van der Waals surface area contributed by atoms with Crippen molar-refractivity contribution >= 4 is 28.8 Å². The van der Waals surface area contributed by atoms with Gasteiger partial charge >= 0.3 is 6.18 Å². The van der Waals surface area contributed by atoms with Crippen LogP contribution in [0.1, 0.15) is 23.1 Å². The van der Waals surface area contributed by atoms with E-state index in [1.165, 1.54) is 6.07 Å². The number of nitrogens with zero attached hydrogens (tertiary/aromatic N) is 3. The number of benzene rings is 2. The highest BCUT2D eigenvalue weighted by atomic mass is 35.5. The van der Waals surface area contributed by atoms with Crippen molar-refractivity contribution in [3.05, 3.63) is 77.1 Å². The van der Waals surface area contributed by atoms with Crippen LogP contribution in [0.4, 0.5) is 18.9 Å². The number of hydrogen-bond donors (Lipinski definition) is 1. The fraction of sp³-hybridized carbons (Fsp3) is 0.136. The van der Waals surface area contributed by atoms with Gasteiger partial charge in [-0.3, -0.25) is 4.79 Å². The Hall–Kier alpha value is -3.59. The first kappa shape index (κ1) is 21.6. The third-order valence-corrected chi connectivity index (χ3v) is 4.77. The second-order valence-electron chi connectivity index (χ2n) is 6.74. The Morgan fingerprint density at radius 3 is 2.41 bits per heavy atom. The van der Waals surface area contributed by atoms with Crippen LogP contribution in [0.2, 0.25) is 5.02 Å². The Morgan fingerprint density at radius 1 is 1.09 bits per heavy atom. The molecule has 0 aliphatic carbocycles. The number of ether oxygens (including phenoxy) is 1. The maximum absolute atomic E-state index is 13.7. The molecule has 0 fully saturated rings. The molecule has 4 aromatic rings. The summed E-state index contributed by atoms with van der Waals surface area (Å²) in [6, 6.07) is 14.9. The van der Waals surface area contributed by atoms with E-state index in [2.05, 4.69) is 15.4 Å². The lowest BCUT2D eigenvalue weighted by atomic mass is 10.1. The van der Waals surface area contributed by atoms with Gasteiger partial charge in [0.1, 0.15) is 5.75 Å². The van der Waals surface area contributed by atoms with Gasteiger partial charge in [-0.25, -0.2) is 9.50 Å². The van der Waals surface area contributed by atoms with E-state index < -0.39 is 17.8 Å². The Kier molecular flexibility index (Phi) is 5.75. The normalized spacial score (nSPS) is 11.5. The highest BCUT2D eigenvalue weighted by molar-refractivity contribution is 6.30. The van der Waals surface area contributed by atoms with Crippen LogP contribution in [-0.4, -0.2) is 27.1 Å². The highest BCUT2D eigenvalue weighted by Gasteiger charge is 2.35. The molecule has 0 unspecified atom stereocenters. The minimum Gasteiger partial charge on any atom is -0.494 e. The third-order valence-electron chi connectivity index (χ3n) is 4.51. The summed E-state index contributed by atoms with van der Waals surface area (Å²) in [5.74, 6) is -0.0344. The van der Waals surface area contributed by atoms with Crippen LogP contribution in [0.5, 0.6) is 5.75 Å². The molecule has 0 spiro atoms. The van der Waals surface area contributed by atoms with Crippen molar-refractivity contribution in [3.8, 4) is 17.0 Å². The predicted octanol–water partition coefficient (Wildman–Crippen LogP) is 5.72. The average molecular weight is 461 g/mol. The van der Waals surface area contributed by atoms with E-state index in [1.54, 1.807) is 48.5 Å². The number of carbonyl (C=O) groups excluding carboxylic acids is 1. The van der Waals surface area contributed by atoms with Gasteiger partial charge in [-0.05, 0) is 49.4 Å². The number of fused-ring (bicyclic) bond motifs is 1. The lowest BCUT2D eigenvalue weighted by Crippen LogP contribution is -2.15. The van der Waals surface area contributed by atoms with Crippen LogP contribution in [-0.2, 0) is 6.18 Å². The monoisotopic (exact) mass is 460 g/mol. The quantitative estimate of drug-likeness (QED) is 0.413. The van der Waals surface area contributed by atoms with Crippen molar-refractivity contribution in [3.63, 3.8) is 0 Å². The molecular weight excluding hydrogens is 445 g/mol. The van der Waals surface area contributed by atoms with E-state index in [0.717, 1.165) is 6.07 Å². The maximum Gasteiger partial charge on any atom is 0.433 e. The first-order valence-corrected chi connectivity index (χ1v) is 9.90. The van der Waals surface area contributed by atoms with Crippen molar-refractivity contribution in [2.24, 2.45) is 0 Å². The first-order chi connectivity index (χ1) is 15.2. The molecule has 0 aliphatic rings. The SMILES string of the molecule is CCOc1ccc(NC(=O)c2cc3nc(-c4ccc(Cl)cc4)cc(C(F)(F)F)n3n2)cc1. The molecule has 10 heteroatoms. The molecule has 6 nitrogen and oxygen atoms in total. The Morgan fingerprint density at radius 2 is 1.78 bits per heavy atom. The number of amides is 1. The standard InChI is InChI=1S/C22H16ClF3N4O2/c1-2-32-16-9-7-15(8-10-16)27-21(31)18-12-20-28-17(13-3-5-14(23)6-4-13)11-19(22(24,25)26)30(20)29-18/h3-12H,2H2,1H3,(H,27,31). The fourth-order valence-corrected chi connectivity index (χ4v) is 3.18. The van der Waals surface area contributed by atoms with E-state index in [4.69, 9.17) is 16.3 Å². The van der Waals surface area contributed by atoms with Gasteiger partial charge in [0.25, 0.3) is 5.91 Å². The van der Waals surface area contributed by atoms with Crippen molar-refractivity contribution in [1.82, 2.24) is 14.6 Å². The smallest absolute Gasteiger partial charge is 0.433 e. The van der Waals surface area contributed by atoms with Gasteiger partial charge in [-0.1, -0.05) is 23.7 Å². The predicted molar refractivity (Wildman–Crippen MR) is 114 cm³/mol. The molecule has 1 N–H and O–H groups in total. The van der Waals surface area contributed by atoms with E-state index in [9.17, 15) is 18.0 Å². The largest absolute Gasteiger partial charge is 0.494 e. The summed E-state index contributed by atoms with van der Waals surface area (Å²) in [6.45, 7) is 2.35. The number of anilines is 1. The Balaban J connectivity index is 1.70. The summed E-state index contributed by atoms with van der Waals surface area (Å²) < 4.78 is 47.1. The minimum absolute atomic E-state index is 0.0832. The van der Waals surface area contributed by atoms with Gasteiger partial charge in [0.05, 0.1) is 12.3 Å². The van der Waals surface area contributed by atoms with Gasteiger partial charge in [-0.15, -0.1) is 0 Å². The number of aromatic nitrogens is 3. The summed E-state index contributed by atoms with van der Waals surface area (Å²) in [7, 11) is 0. The third kappa shape index (κ3) is 4.52. The second kappa shape index (κ2) is 8.51. The van der Waals surface area contributed by atoms with E-state index in [0.29, 0.717) is 33.1 Å². The van der Waals surface area contributed by atoms with E-state index in [1.807, 2.05) is 6.92 Å². The van der Waals surface area contributed by atoms with Crippen LogP contribution < -0.4 is 10.1 Å². The zero-order chi connectivity index (χ0) is 22.9. The van der Waals surface area contributed by atoms with Gasteiger partial charge in [0.15, 0.2) is 17.0 Å². The van der Waals surface area contributed by atoms with Gasteiger partial charge in [-0.2, -0.15) is 18.3 Å². The summed E-state index contributed by atoms with van der Waals surface area (Å²) in [6.07, 6.45) is -4.71. The molecule has 0 bridgehead atoms. The molecule has 2 aromatic carbocycles. The van der Waals surface area contributed by atoms with Gasteiger partial charge < -0.3 is 10.1 Å². The molecule has 0 atom stereocenters. The van der Waals surface area contributed by atoms with E-state index in [-0.39, 0.29) is 17.0 Å². The first-order valence-electron chi connectivity index (χ1n) is 9.53. The molecular formula is C22H16ClF3N4O2. The number of rotatable bonds is 5. The molecule has 0 aliphatic heterocycles. The number of hydrogen-bond acceptors (Lipinski definition) is 4. The molecule has 0 radical (unpaired) electrons. The summed E-state index contributed by atoms with van der Waals surface area (Å²) in [5.41, 5.74) is -0.385. The number of carbonyl (C=O) groups is 1. The zero-order valence-electron chi connectivity index (χ0n) is 16.7. The van der Waals surface area contributed by atoms with Crippen LogP contribution in [0, 0.1) is 0 Å². The van der Waals surface area contributed by atoms with Crippen molar-refractivity contribution in [2.45, 2.75) is 13.1 Å². The summed E-state index contributed by atoms with van der Waals surface area (Å²) >= 11 is 5.86. The molecule has 1 amide bonds. The van der Waals surface area contributed by atoms with E-state index >= 15 is 0 Å².